The maximum absolute atomic E-state index is 5.00. The highest BCUT2D eigenvalue weighted by molar-refractivity contribution is 7.12. The molecule has 1 aromatic heterocycles. The Morgan fingerprint density at radius 1 is 1.80 bits per heavy atom. The van der Waals surface area contributed by atoms with Gasteiger partial charge in [-0.1, -0.05) is 0 Å². The molecule has 0 unspecified atom stereocenters. The molecule has 54 valence electrons. The van der Waals surface area contributed by atoms with Crippen LogP contribution in [0.15, 0.2) is 16.5 Å². The first-order valence-electron chi connectivity index (χ1n) is 2.73. The fraction of sp³-hybridized carbons (Fsp3) is 0.167. The van der Waals surface area contributed by atoms with Crippen molar-refractivity contribution in [1.29, 1.82) is 0 Å². The molecule has 1 rings (SSSR count). The predicted molar refractivity (Wildman–Crippen MR) is 42.7 cm³/mol. The van der Waals surface area contributed by atoms with Crippen LogP contribution in [-0.4, -0.2) is 13.3 Å². The third kappa shape index (κ3) is 1.27. The Kier molecular flexibility index (Phi) is 2.28. The van der Waals surface area contributed by atoms with Gasteiger partial charge in [0.25, 0.3) is 0 Å². The van der Waals surface area contributed by atoms with E-state index in [1.807, 2.05) is 11.4 Å². The molecular weight excluding hydrogens is 148 g/mol. The number of hydrogen-bond donors (Lipinski definition) is 1. The summed E-state index contributed by atoms with van der Waals surface area (Å²) in [4.78, 5) is 0.949. The Hall–Kier alpha value is -1.03. The molecule has 0 spiro atoms. The second-order valence-corrected chi connectivity index (χ2v) is 2.58. The van der Waals surface area contributed by atoms with Crippen LogP contribution in [0.2, 0.25) is 0 Å². The maximum Gasteiger partial charge on any atom is 0.138 e. The lowest BCUT2D eigenvalue weighted by Gasteiger charge is -1.93. The Morgan fingerprint density at radius 3 is 3.20 bits per heavy atom. The van der Waals surface area contributed by atoms with Crippen molar-refractivity contribution < 1.29 is 4.74 Å². The molecule has 0 aliphatic carbocycles. The topological polar surface area (TPSA) is 47.6 Å². The molecule has 3 nitrogen and oxygen atoms in total. The van der Waals surface area contributed by atoms with Crippen LogP contribution < -0.4 is 10.6 Å². The molecule has 0 amide bonds. The van der Waals surface area contributed by atoms with E-state index in [0.29, 0.717) is 0 Å². The van der Waals surface area contributed by atoms with Gasteiger partial charge in [0.15, 0.2) is 0 Å². The largest absolute Gasteiger partial charge is 0.495 e. The zero-order valence-corrected chi connectivity index (χ0v) is 6.39. The van der Waals surface area contributed by atoms with Gasteiger partial charge in [-0.05, 0) is 11.4 Å². The highest BCUT2D eigenvalue weighted by Crippen LogP contribution is 2.21. The Labute approximate surface area is 63.1 Å². The number of nitrogens with two attached hydrogens (primary N) is 1. The second kappa shape index (κ2) is 3.22. The molecule has 2 N–H and O–H groups in total. The number of thiophene rings is 1. The van der Waals surface area contributed by atoms with Crippen molar-refractivity contribution in [3.8, 4) is 5.75 Å². The summed E-state index contributed by atoms with van der Waals surface area (Å²) in [6.07, 6.45) is 1.57. The average molecular weight is 156 g/mol. The van der Waals surface area contributed by atoms with E-state index >= 15 is 0 Å². The van der Waals surface area contributed by atoms with Crippen LogP contribution in [0.4, 0.5) is 0 Å². The first-order chi connectivity index (χ1) is 4.88. The van der Waals surface area contributed by atoms with Gasteiger partial charge in [0, 0.05) is 0 Å². The number of hydrazone groups is 1. The van der Waals surface area contributed by atoms with E-state index in [0.717, 1.165) is 10.6 Å². The molecule has 1 heterocycles. The SMILES string of the molecule is COc1ccsc1/C=N/N. The van der Waals surface area contributed by atoms with E-state index in [1.165, 1.54) is 0 Å². The second-order valence-electron chi connectivity index (χ2n) is 1.63. The first-order valence-corrected chi connectivity index (χ1v) is 3.61. The summed E-state index contributed by atoms with van der Waals surface area (Å²) in [6, 6.07) is 1.88. The fourth-order valence-electron chi connectivity index (χ4n) is 0.640. The van der Waals surface area contributed by atoms with Crippen LogP contribution in [0, 0.1) is 0 Å². The minimum Gasteiger partial charge on any atom is -0.495 e. The van der Waals surface area contributed by atoms with Gasteiger partial charge in [-0.3, -0.25) is 0 Å². The summed E-state index contributed by atoms with van der Waals surface area (Å²) >= 11 is 1.54. The zero-order chi connectivity index (χ0) is 7.40. The van der Waals surface area contributed by atoms with Crippen LogP contribution in [0.25, 0.3) is 0 Å². The van der Waals surface area contributed by atoms with Crippen molar-refractivity contribution in [1.82, 2.24) is 0 Å². The Bertz CT molecular complexity index is 231. The normalized spacial score (nSPS) is 10.5. The molecule has 0 atom stereocenters. The standard InChI is InChI=1S/C6H8N2OS/c1-9-5-2-3-10-6(5)4-8-7/h2-4H,7H2,1H3/b8-4+. The number of hydrogen-bond acceptors (Lipinski definition) is 4. The van der Waals surface area contributed by atoms with E-state index in [1.54, 1.807) is 24.7 Å². The predicted octanol–water partition coefficient (Wildman–Crippen LogP) is 1.05. The van der Waals surface area contributed by atoms with Crippen LogP contribution in [0.3, 0.4) is 0 Å². The highest BCUT2D eigenvalue weighted by atomic mass is 32.1. The first kappa shape index (κ1) is 7.08. The smallest absolute Gasteiger partial charge is 0.138 e. The summed E-state index contributed by atoms with van der Waals surface area (Å²) in [7, 11) is 1.62. The van der Waals surface area contributed by atoms with E-state index in [4.69, 9.17) is 10.6 Å². The van der Waals surface area contributed by atoms with Gasteiger partial charge in [0.05, 0.1) is 18.2 Å². The lowest BCUT2D eigenvalue weighted by atomic mass is 10.4. The Morgan fingerprint density at radius 2 is 2.60 bits per heavy atom. The number of methoxy groups -OCH3 is 1. The number of rotatable bonds is 2. The quantitative estimate of drug-likeness (QED) is 0.395. The molecule has 0 saturated heterocycles. The van der Waals surface area contributed by atoms with Gasteiger partial charge in [0.2, 0.25) is 0 Å². The van der Waals surface area contributed by atoms with Gasteiger partial charge in [-0.15, -0.1) is 11.3 Å². The molecule has 0 aromatic carbocycles. The molecule has 0 saturated carbocycles. The van der Waals surface area contributed by atoms with Gasteiger partial charge >= 0.3 is 0 Å². The lowest BCUT2D eigenvalue weighted by Crippen LogP contribution is -1.86. The molecule has 0 bridgehead atoms. The molecule has 0 aliphatic rings. The summed E-state index contributed by atoms with van der Waals surface area (Å²) < 4.78 is 5.00. The van der Waals surface area contributed by atoms with Crippen LogP contribution in [-0.2, 0) is 0 Å². The lowest BCUT2D eigenvalue weighted by molar-refractivity contribution is 0.416. The molecular formula is C6H8N2OS. The van der Waals surface area contributed by atoms with Crippen molar-refractivity contribution in [3.05, 3.63) is 16.3 Å². The summed E-state index contributed by atoms with van der Waals surface area (Å²) in [5.74, 6) is 5.78. The van der Waals surface area contributed by atoms with Gasteiger partial charge in [-0.2, -0.15) is 5.10 Å². The number of nitrogens with zero attached hydrogens (tertiary/aromatic N) is 1. The van der Waals surface area contributed by atoms with Gasteiger partial charge in [0.1, 0.15) is 5.75 Å². The van der Waals surface area contributed by atoms with Crippen molar-refractivity contribution >= 4 is 17.6 Å². The van der Waals surface area contributed by atoms with Crippen molar-refractivity contribution in [2.24, 2.45) is 10.9 Å². The zero-order valence-electron chi connectivity index (χ0n) is 5.57. The molecule has 0 fully saturated rings. The molecule has 0 radical (unpaired) electrons. The van der Waals surface area contributed by atoms with Crippen LogP contribution >= 0.6 is 11.3 Å². The van der Waals surface area contributed by atoms with E-state index < -0.39 is 0 Å². The molecule has 10 heavy (non-hydrogen) atoms. The van der Waals surface area contributed by atoms with E-state index in [9.17, 15) is 0 Å². The Balaban J connectivity index is 2.90. The van der Waals surface area contributed by atoms with Crippen molar-refractivity contribution in [2.45, 2.75) is 0 Å². The monoisotopic (exact) mass is 156 g/mol. The maximum atomic E-state index is 5.00. The summed E-state index contributed by atoms with van der Waals surface area (Å²) in [5.41, 5.74) is 0. The van der Waals surface area contributed by atoms with Crippen molar-refractivity contribution in [3.63, 3.8) is 0 Å². The number of ether oxygens (including phenoxy) is 1. The van der Waals surface area contributed by atoms with Crippen LogP contribution in [0.5, 0.6) is 5.75 Å². The van der Waals surface area contributed by atoms with Crippen molar-refractivity contribution in [2.75, 3.05) is 7.11 Å². The average Bonchev–Trinajstić information content (AvgIpc) is 2.36. The minimum absolute atomic E-state index is 0.819. The minimum atomic E-state index is 0.819. The molecule has 1 aromatic rings. The summed E-state index contributed by atoms with van der Waals surface area (Å²) in [5, 5.41) is 5.32. The van der Waals surface area contributed by atoms with E-state index in [2.05, 4.69) is 5.10 Å². The molecule has 0 aliphatic heterocycles. The van der Waals surface area contributed by atoms with E-state index in [-0.39, 0.29) is 0 Å². The third-order valence-electron chi connectivity index (χ3n) is 1.07. The third-order valence-corrected chi connectivity index (χ3v) is 1.90. The fourth-order valence-corrected chi connectivity index (χ4v) is 1.37. The summed E-state index contributed by atoms with van der Waals surface area (Å²) in [6.45, 7) is 0. The molecule has 4 heteroatoms. The van der Waals surface area contributed by atoms with Gasteiger partial charge < -0.3 is 10.6 Å². The van der Waals surface area contributed by atoms with Crippen LogP contribution in [0.1, 0.15) is 4.88 Å². The highest BCUT2D eigenvalue weighted by Gasteiger charge is 1.98. The van der Waals surface area contributed by atoms with Gasteiger partial charge in [-0.25, -0.2) is 0 Å².